The van der Waals surface area contributed by atoms with Gasteiger partial charge in [-0.2, -0.15) is 4.98 Å². The van der Waals surface area contributed by atoms with Gasteiger partial charge in [0.15, 0.2) is 11.5 Å². The fraction of sp³-hybridized carbons (Fsp3) is 0.176. The van der Waals surface area contributed by atoms with Gasteiger partial charge in [0.1, 0.15) is 0 Å². The van der Waals surface area contributed by atoms with E-state index in [4.69, 9.17) is 20.8 Å². The Bertz CT molecular complexity index is 980. The zero-order chi connectivity index (χ0) is 18.3. The molecule has 3 aromatic rings. The van der Waals surface area contributed by atoms with E-state index in [1.165, 1.54) is 29.8 Å². The standard InChI is InChI=1S/C17H13ClN4O3S/c1-9(23)22-12-6-5-10(18)8-11(12)14-15(19-17(26-2)21-20-14)25-16(22)13-4-3-7-24-13/h3-8,16H,1-2H3/t16-/m1/s1. The molecule has 1 atom stereocenters. The number of halogens is 1. The number of thioether (sulfide) groups is 1. The summed E-state index contributed by atoms with van der Waals surface area (Å²) >= 11 is 7.53. The number of fused-ring (bicyclic) bond motifs is 3. The van der Waals surface area contributed by atoms with E-state index in [-0.39, 0.29) is 11.8 Å². The number of carbonyl (C=O) groups is 1. The van der Waals surface area contributed by atoms with Crippen LogP contribution < -0.4 is 9.64 Å². The Morgan fingerprint density at radius 3 is 2.85 bits per heavy atom. The molecule has 0 radical (unpaired) electrons. The molecule has 2 aromatic heterocycles. The van der Waals surface area contributed by atoms with E-state index in [9.17, 15) is 4.79 Å². The average molecular weight is 389 g/mol. The second-order valence-electron chi connectivity index (χ2n) is 5.49. The van der Waals surface area contributed by atoms with Gasteiger partial charge in [0.05, 0.1) is 12.0 Å². The molecule has 0 N–H and O–H groups in total. The van der Waals surface area contributed by atoms with Crippen molar-refractivity contribution in [2.45, 2.75) is 18.3 Å². The van der Waals surface area contributed by atoms with Crippen LogP contribution >= 0.6 is 23.4 Å². The Balaban J connectivity index is 2.00. The molecule has 132 valence electrons. The first-order valence-electron chi connectivity index (χ1n) is 7.67. The number of hydrogen-bond acceptors (Lipinski definition) is 7. The fourth-order valence-electron chi connectivity index (χ4n) is 2.78. The summed E-state index contributed by atoms with van der Waals surface area (Å²) in [5.41, 5.74) is 1.63. The molecule has 9 heteroatoms. The normalized spacial score (nSPS) is 15.7. The van der Waals surface area contributed by atoms with Gasteiger partial charge in [0.2, 0.25) is 23.2 Å². The second kappa shape index (κ2) is 6.62. The van der Waals surface area contributed by atoms with Crippen molar-refractivity contribution in [3.63, 3.8) is 0 Å². The largest absolute Gasteiger partial charge is 0.463 e. The van der Waals surface area contributed by atoms with E-state index >= 15 is 0 Å². The summed E-state index contributed by atoms with van der Waals surface area (Å²) in [6, 6.07) is 8.65. The number of furan rings is 1. The molecule has 0 bridgehead atoms. The van der Waals surface area contributed by atoms with Crippen LogP contribution in [0.25, 0.3) is 11.3 Å². The van der Waals surface area contributed by atoms with E-state index in [1.54, 1.807) is 30.3 Å². The van der Waals surface area contributed by atoms with Gasteiger partial charge in [-0.1, -0.05) is 23.4 Å². The van der Waals surface area contributed by atoms with Crippen LogP contribution in [0, 0.1) is 0 Å². The molecule has 0 aliphatic carbocycles. The number of anilines is 1. The Morgan fingerprint density at radius 2 is 2.15 bits per heavy atom. The summed E-state index contributed by atoms with van der Waals surface area (Å²) in [5, 5.41) is 9.31. The van der Waals surface area contributed by atoms with Crippen molar-refractivity contribution < 1.29 is 13.9 Å². The Kier molecular flexibility index (Phi) is 4.29. The van der Waals surface area contributed by atoms with Crippen LogP contribution in [0.4, 0.5) is 5.69 Å². The first kappa shape index (κ1) is 16.9. The van der Waals surface area contributed by atoms with Gasteiger partial charge in [-0.3, -0.25) is 9.69 Å². The van der Waals surface area contributed by atoms with Crippen LogP contribution in [0.5, 0.6) is 5.88 Å². The van der Waals surface area contributed by atoms with E-state index in [0.717, 1.165) is 0 Å². The molecule has 0 unspecified atom stereocenters. The van der Waals surface area contributed by atoms with Crippen molar-refractivity contribution in [1.82, 2.24) is 15.2 Å². The van der Waals surface area contributed by atoms with Gasteiger partial charge < -0.3 is 9.15 Å². The van der Waals surface area contributed by atoms with Crippen molar-refractivity contribution in [2.75, 3.05) is 11.2 Å². The second-order valence-corrected chi connectivity index (χ2v) is 6.70. The number of hydrogen-bond donors (Lipinski definition) is 0. The lowest BCUT2D eigenvalue weighted by atomic mass is 10.1. The van der Waals surface area contributed by atoms with Crippen molar-refractivity contribution in [3.8, 4) is 17.1 Å². The molecule has 26 heavy (non-hydrogen) atoms. The van der Waals surface area contributed by atoms with Crippen LogP contribution in [0.1, 0.15) is 18.9 Å². The maximum absolute atomic E-state index is 12.5. The highest BCUT2D eigenvalue weighted by Gasteiger charge is 2.36. The topological polar surface area (TPSA) is 81.3 Å². The number of aromatic nitrogens is 3. The van der Waals surface area contributed by atoms with Gasteiger partial charge in [-0.15, -0.1) is 10.2 Å². The van der Waals surface area contributed by atoms with Gasteiger partial charge in [0, 0.05) is 17.5 Å². The zero-order valence-corrected chi connectivity index (χ0v) is 15.4. The number of carbonyl (C=O) groups excluding carboxylic acids is 1. The van der Waals surface area contributed by atoms with Crippen LogP contribution in [-0.2, 0) is 4.79 Å². The first-order valence-corrected chi connectivity index (χ1v) is 9.27. The summed E-state index contributed by atoms with van der Waals surface area (Å²) < 4.78 is 11.6. The summed E-state index contributed by atoms with van der Waals surface area (Å²) in [6.45, 7) is 1.46. The molecular formula is C17H13ClN4O3S. The monoisotopic (exact) mass is 388 g/mol. The van der Waals surface area contributed by atoms with Gasteiger partial charge in [-0.25, -0.2) is 0 Å². The Hall–Kier alpha value is -2.58. The van der Waals surface area contributed by atoms with Crippen LogP contribution in [0.2, 0.25) is 5.02 Å². The zero-order valence-electron chi connectivity index (χ0n) is 13.8. The number of amides is 1. The number of ether oxygens (including phenoxy) is 1. The van der Waals surface area contributed by atoms with Gasteiger partial charge in [0.25, 0.3) is 0 Å². The lowest BCUT2D eigenvalue weighted by Crippen LogP contribution is -2.35. The summed E-state index contributed by atoms with van der Waals surface area (Å²) in [5.74, 6) is 0.511. The Labute approximate surface area is 158 Å². The minimum atomic E-state index is -0.824. The first-order chi connectivity index (χ1) is 12.6. The maximum Gasteiger partial charge on any atom is 0.247 e. The number of rotatable bonds is 2. The SMILES string of the molecule is CSc1nnc2c(n1)O[C@H](c1ccco1)N(C(C)=O)c1ccc(Cl)cc1-2. The van der Waals surface area contributed by atoms with Crippen LogP contribution in [0.15, 0.2) is 46.2 Å². The molecule has 0 spiro atoms. The molecule has 7 nitrogen and oxygen atoms in total. The molecule has 3 heterocycles. The average Bonchev–Trinajstić information content (AvgIpc) is 3.12. The molecule has 0 fully saturated rings. The van der Waals surface area contributed by atoms with Crippen LogP contribution in [-0.4, -0.2) is 27.3 Å². The summed E-state index contributed by atoms with van der Waals surface area (Å²) in [7, 11) is 0. The number of nitrogens with zero attached hydrogens (tertiary/aromatic N) is 4. The molecule has 0 saturated heterocycles. The van der Waals surface area contributed by atoms with Gasteiger partial charge >= 0.3 is 0 Å². The molecule has 0 saturated carbocycles. The molecule has 1 aliphatic rings. The molecule has 1 aliphatic heterocycles. The van der Waals surface area contributed by atoms with Crippen molar-refractivity contribution in [1.29, 1.82) is 0 Å². The minimum absolute atomic E-state index is 0.221. The third kappa shape index (κ3) is 2.81. The lowest BCUT2D eigenvalue weighted by Gasteiger charge is -2.28. The lowest BCUT2D eigenvalue weighted by molar-refractivity contribution is -0.118. The van der Waals surface area contributed by atoms with Crippen molar-refractivity contribution in [3.05, 3.63) is 47.4 Å². The maximum atomic E-state index is 12.5. The predicted octanol–water partition coefficient (Wildman–Crippen LogP) is 3.95. The van der Waals surface area contributed by atoms with E-state index in [1.807, 2.05) is 6.26 Å². The third-order valence-electron chi connectivity index (χ3n) is 3.87. The summed E-state index contributed by atoms with van der Waals surface area (Å²) in [4.78, 5) is 18.4. The third-order valence-corrected chi connectivity index (χ3v) is 4.65. The number of benzene rings is 1. The van der Waals surface area contributed by atoms with E-state index in [0.29, 0.717) is 32.9 Å². The Morgan fingerprint density at radius 1 is 1.31 bits per heavy atom. The molecule has 4 rings (SSSR count). The quantitative estimate of drug-likeness (QED) is 0.614. The van der Waals surface area contributed by atoms with Crippen molar-refractivity contribution in [2.24, 2.45) is 0 Å². The minimum Gasteiger partial charge on any atom is -0.463 e. The van der Waals surface area contributed by atoms with E-state index < -0.39 is 6.23 Å². The van der Waals surface area contributed by atoms with Crippen LogP contribution in [0.3, 0.4) is 0 Å². The summed E-state index contributed by atoms with van der Waals surface area (Å²) in [6.07, 6.45) is 2.54. The highest BCUT2D eigenvalue weighted by atomic mass is 35.5. The fourth-order valence-corrected chi connectivity index (χ4v) is 3.25. The van der Waals surface area contributed by atoms with Crippen molar-refractivity contribution >= 4 is 35.0 Å². The predicted molar refractivity (Wildman–Crippen MR) is 97.3 cm³/mol. The highest BCUT2D eigenvalue weighted by Crippen LogP contribution is 2.44. The van der Waals surface area contributed by atoms with E-state index in [2.05, 4.69) is 15.2 Å². The molecule has 1 amide bonds. The van der Waals surface area contributed by atoms with Gasteiger partial charge in [-0.05, 0) is 36.6 Å². The molecule has 1 aromatic carbocycles. The highest BCUT2D eigenvalue weighted by molar-refractivity contribution is 7.98. The smallest absolute Gasteiger partial charge is 0.247 e. The molecular weight excluding hydrogens is 376 g/mol.